The number of anilines is 1. The Bertz CT molecular complexity index is 515. The van der Waals surface area contributed by atoms with Crippen LogP contribution < -0.4 is 5.73 Å². The Morgan fingerprint density at radius 3 is 2.62 bits per heavy atom. The van der Waals surface area contributed by atoms with Crippen LogP contribution in [0.3, 0.4) is 0 Å². The predicted molar refractivity (Wildman–Crippen MR) is 69.7 cm³/mol. The van der Waals surface area contributed by atoms with Crippen LogP contribution >= 0.6 is 27.3 Å². The van der Waals surface area contributed by atoms with Crippen LogP contribution in [0.1, 0.15) is 28.5 Å². The van der Waals surface area contributed by atoms with Gasteiger partial charge >= 0.3 is 0 Å². The van der Waals surface area contributed by atoms with Crippen LogP contribution in [0.15, 0.2) is 10.7 Å². The Labute approximate surface area is 107 Å². The van der Waals surface area contributed by atoms with Gasteiger partial charge < -0.3 is 5.73 Å². The number of nitrogens with zero attached hydrogens (tertiary/aromatic N) is 3. The van der Waals surface area contributed by atoms with Gasteiger partial charge in [0, 0.05) is 0 Å². The summed E-state index contributed by atoms with van der Waals surface area (Å²) in [6, 6.07) is 0.123. The van der Waals surface area contributed by atoms with Crippen molar-refractivity contribution in [3.8, 4) is 0 Å². The second kappa shape index (κ2) is 4.18. The molecule has 0 radical (unpaired) electrons. The lowest BCUT2D eigenvalue weighted by Crippen LogP contribution is -2.11. The van der Waals surface area contributed by atoms with E-state index in [9.17, 15) is 0 Å². The molecule has 6 heteroatoms. The summed E-state index contributed by atoms with van der Waals surface area (Å²) in [6.07, 6.45) is 1.72. The summed E-state index contributed by atoms with van der Waals surface area (Å²) >= 11 is 5.05. The maximum absolute atomic E-state index is 5.94. The van der Waals surface area contributed by atoms with Crippen LogP contribution in [0.25, 0.3) is 0 Å². The van der Waals surface area contributed by atoms with Crippen molar-refractivity contribution in [1.29, 1.82) is 0 Å². The number of thiazole rings is 1. The highest BCUT2D eigenvalue weighted by atomic mass is 79.9. The van der Waals surface area contributed by atoms with E-state index in [2.05, 4.69) is 32.9 Å². The van der Waals surface area contributed by atoms with Crippen LogP contribution in [-0.2, 0) is 0 Å². The number of aryl methyl sites for hydroxylation is 2. The van der Waals surface area contributed by atoms with Gasteiger partial charge in [-0.1, -0.05) is 0 Å². The number of aromatic nitrogens is 3. The van der Waals surface area contributed by atoms with E-state index in [1.54, 1.807) is 17.5 Å². The molecule has 0 aliphatic carbocycles. The summed E-state index contributed by atoms with van der Waals surface area (Å²) in [4.78, 5) is 5.63. The topological polar surface area (TPSA) is 56.7 Å². The molecular formula is C10H13BrN4S. The first-order valence-corrected chi connectivity index (χ1v) is 6.54. The molecular weight excluding hydrogens is 288 g/mol. The van der Waals surface area contributed by atoms with E-state index in [1.807, 2.05) is 18.5 Å². The molecule has 0 aliphatic heterocycles. The molecule has 2 aromatic rings. The Morgan fingerprint density at radius 2 is 2.19 bits per heavy atom. The molecule has 86 valence electrons. The molecule has 2 N–H and O–H groups in total. The lowest BCUT2D eigenvalue weighted by Gasteiger charge is -2.12. The molecule has 2 aromatic heterocycles. The normalized spacial score (nSPS) is 13.0. The van der Waals surface area contributed by atoms with Gasteiger partial charge in [0.2, 0.25) is 0 Å². The molecule has 4 nitrogen and oxygen atoms in total. The van der Waals surface area contributed by atoms with Crippen LogP contribution in [0.2, 0.25) is 0 Å². The van der Waals surface area contributed by atoms with Gasteiger partial charge in [0.1, 0.15) is 5.82 Å². The zero-order valence-corrected chi connectivity index (χ0v) is 11.8. The molecule has 2 heterocycles. The summed E-state index contributed by atoms with van der Waals surface area (Å²) in [5.41, 5.74) is 6.99. The third-order valence-electron chi connectivity index (χ3n) is 2.47. The van der Waals surface area contributed by atoms with Crippen molar-refractivity contribution in [2.45, 2.75) is 26.8 Å². The molecule has 0 aromatic carbocycles. The van der Waals surface area contributed by atoms with E-state index in [-0.39, 0.29) is 6.04 Å². The fourth-order valence-corrected chi connectivity index (χ4v) is 2.94. The number of nitrogen functional groups attached to an aromatic ring is 1. The van der Waals surface area contributed by atoms with Gasteiger partial charge in [-0.15, -0.1) is 11.3 Å². The smallest absolute Gasteiger partial charge is 0.136 e. The van der Waals surface area contributed by atoms with Crippen LogP contribution in [0.5, 0.6) is 0 Å². The molecule has 1 atom stereocenters. The van der Waals surface area contributed by atoms with E-state index in [0.29, 0.717) is 5.82 Å². The lowest BCUT2D eigenvalue weighted by molar-refractivity contribution is 0.578. The second-order valence-electron chi connectivity index (χ2n) is 3.68. The molecule has 0 fully saturated rings. The average Bonchev–Trinajstić information content (AvgIpc) is 2.71. The number of nitrogens with two attached hydrogens (primary N) is 1. The first-order chi connectivity index (χ1) is 7.50. The molecule has 0 bridgehead atoms. The maximum atomic E-state index is 5.94. The molecule has 0 saturated heterocycles. The van der Waals surface area contributed by atoms with Crippen molar-refractivity contribution in [2.24, 2.45) is 0 Å². The second-order valence-corrected chi connectivity index (χ2v) is 5.77. The summed E-state index contributed by atoms with van der Waals surface area (Å²) in [6.45, 7) is 6.11. The van der Waals surface area contributed by atoms with E-state index >= 15 is 0 Å². The standard InChI is InChI=1S/C10H13BrN4S/c1-5-9(16-7(3)14-5)6(2)15-10(12)8(11)4-13-15/h4,6H,12H2,1-3H3. The molecule has 16 heavy (non-hydrogen) atoms. The quantitative estimate of drug-likeness (QED) is 0.928. The Balaban J connectivity index is 2.42. The summed E-state index contributed by atoms with van der Waals surface area (Å²) in [7, 11) is 0. The lowest BCUT2D eigenvalue weighted by atomic mass is 10.2. The summed E-state index contributed by atoms with van der Waals surface area (Å²) < 4.78 is 2.64. The van der Waals surface area contributed by atoms with Crippen molar-refractivity contribution >= 4 is 33.1 Å². The SMILES string of the molecule is Cc1nc(C)c(C(C)n2ncc(Br)c2N)s1. The van der Waals surface area contributed by atoms with Crippen molar-refractivity contribution in [3.63, 3.8) is 0 Å². The van der Waals surface area contributed by atoms with Crippen molar-refractivity contribution in [2.75, 3.05) is 5.73 Å². The van der Waals surface area contributed by atoms with Gasteiger partial charge in [-0.05, 0) is 36.7 Å². The fraction of sp³-hybridized carbons (Fsp3) is 0.400. The van der Waals surface area contributed by atoms with E-state index in [0.717, 1.165) is 15.2 Å². The van der Waals surface area contributed by atoms with Crippen LogP contribution in [0, 0.1) is 13.8 Å². The molecule has 2 rings (SSSR count). The monoisotopic (exact) mass is 300 g/mol. The van der Waals surface area contributed by atoms with Gasteiger partial charge in [-0.3, -0.25) is 0 Å². The predicted octanol–water partition coefficient (Wildman–Crippen LogP) is 2.91. The van der Waals surface area contributed by atoms with Gasteiger partial charge in [-0.2, -0.15) is 5.10 Å². The van der Waals surface area contributed by atoms with E-state index in [1.165, 1.54) is 4.88 Å². The minimum absolute atomic E-state index is 0.123. The van der Waals surface area contributed by atoms with Crippen LogP contribution in [0.4, 0.5) is 5.82 Å². The van der Waals surface area contributed by atoms with Crippen molar-refractivity contribution in [3.05, 3.63) is 26.2 Å². The van der Waals surface area contributed by atoms with Gasteiger partial charge in [0.15, 0.2) is 0 Å². The van der Waals surface area contributed by atoms with E-state index in [4.69, 9.17) is 5.73 Å². The molecule has 0 saturated carbocycles. The Kier molecular flexibility index (Phi) is 3.03. The zero-order valence-electron chi connectivity index (χ0n) is 9.36. The maximum Gasteiger partial charge on any atom is 0.136 e. The number of hydrogen-bond acceptors (Lipinski definition) is 4. The molecule has 0 aliphatic rings. The largest absolute Gasteiger partial charge is 0.383 e. The number of rotatable bonds is 2. The molecule has 0 amide bonds. The van der Waals surface area contributed by atoms with Gasteiger partial charge in [0.05, 0.1) is 32.3 Å². The Hall–Kier alpha value is -0.880. The fourth-order valence-electron chi connectivity index (χ4n) is 1.71. The highest BCUT2D eigenvalue weighted by Crippen LogP contribution is 2.30. The zero-order chi connectivity index (χ0) is 11.9. The van der Waals surface area contributed by atoms with Gasteiger partial charge in [-0.25, -0.2) is 9.67 Å². The average molecular weight is 301 g/mol. The summed E-state index contributed by atoms with van der Waals surface area (Å²) in [5.74, 6) is 0.651. The van der Waals surface area contributed by atoms with Crippen molar-refractivity contribution < 1.29 is 0 Å². The number of hydrogen-bond donors (Lipinski definition) is 1. The van der Waals surface area contributed by atoms with E-state index < -0.39 is 0 Å². The third-order valence-corrected chi connectivity index (χ3v) is 4.33. The van der Waals surface area contributed by atoms with Gasteiger partial charge in [0.25, 0.3) is 0 Å². The van der Waals surface area contributed by atoms with Crippen LogP contribution in [-0.4, -0.2) is 14.8 Å². The van der Waals surface area contributed by atoms with Crippen molar-refractivity contribution in [1.82, 2.24) is 14.8 Å². The molecule has 1 unspecified atom stereocenters. The summed E-state index contributed by atoms with van der Waals surface area (Å²) in [5, 5.41) is 5.34. The first-order valence-electron chi connectivity index (χ1n) is 4.93. The third kappa shape index (κ3) is 1.87. The first kappa shape index (κ1) is 11.6. The highest BCUT2D eigenvalue weighted by Gasteiger charge is 2.18. The minimum Gasteiger partial charge on any atom is -0.383 e. The minimum atomic E-state index is 0.123. The Morgan fingerprint density at radius 1 is 1.50 bits per heavy atom. The highest BCUT2D eigenvalue weighted by molar-refractivity contribution is 9.10. The number of halogens is 1. The molecule has 0 spiro atoms.